The Morgan fingerprint density at radius 1 is 0.844 bits per heavy atom. The van der Waals surface area contributed by atoms with Crippen LogP contribution >= 0.6 is 0 Å². The number of amides is 2. The average Bonchev–Trinajstić information content (AvgIpc) is 3.07. The van der Waals surface area contributed by atoms with Crippen LogP contribution in [0.5, 0.6) is 11.5 Å². The maximum absolute atomic E-state index is 14.1. The molecule has 0 fully saturated rings. The summed E-state index contributed by atoms with van der Waals surface area (Å²) in [7, 11) is 4.30. The predicted molar refractivity (Wildman–Crippen MR) is 168 cm³/mol. The van der Waals surface area contributed by atoms with Crippen molar-refractivity contribution in [2.45, 2.75) is 38.1 Å². The monoisotopic (exact) mass is 608 g/mol. The van der Waals surface area contributed by atoms with Crippen molar-refractivity contribution in [3.8, 4) is 22.6 Å². The van der Waals surface area contributed by atoms with Gasteiger partial charge in [0.2, 0.25) is 5.91 Å². The lowest BCUT2D eigenvalue weighted by molar-refractivity contribution is -0.153. The summed E-state index contributed by atoms with van der Waals surface area (Å²) in [6.45, 7) is 0.344. The van der Waals surface area contributed by atoms with Crippen LogP contribution in [-0.2, 0) is 45.1 Å². The number of carbonyl (C=O) groups excluding carboxylic acids is 3. The van der Waals surface area contributed by atoms with Crippen LogP contribution in [0.4, 0.5) is 4.79 Å². The van der Waals surface area contributed by atoms with Crippen LogP contribution < -0.4 is 4.74 Å². The number of nitrogens with zero attached hydrogens (tertiary/aromatic N) is 2. The molecule has 5 rings (SSSR count). The van der Waals surface area contributed by atoms with Gasteiger partial charge in [0.15, 0.2) is 0 Å². The van der Waals surface area contributed by atoms with Gasteiger partial charge in [-0.2, -0.15) is 0 Å². The predicted octanol–water partition coefficient (Wildman–Crippen LogP) is 5.37. The van der Waals surface area contributed by atoms with Gasteiger partial charge in [-0.3, -0.25) is 9.69 Å². The van der Waals surface area contributed by atoms with Gasteiger partial charge >= 0.3 is 12.1 Å². The smallest absolute Gasteiger partial charge is 0.410 e. The van der Waals surface area contributed by atoms with Crippen LogP contribution in [-0.4, -0.2) is 66.2 Å². The van der Waals surface area contributed by atoms with E-state index in [1.807, 2.05) is 78.9 Å². The highest BCUT2D eigenvalue weighted by Gasteiger charge is 2.37. The maximum Gasteiger partial charge on any atom is 0.410 e. The summed E-state index contributed by atoms with van der Waals surface area (Å²) in [6.07, 6.45) is -0.449. The lowest BCUT2D eigenvalue weighted by atomic mass is 9.93. The number of hydrogen-bond donors (Lipinski definition) is 1. The summed E-state index contributed by atoms with van der Waals surface area (Å²) in [5.41, 5.74) is 4.33. The molecule has 0 aromatic heterocycles. The molecule has 4 aromatic rings. The van der Waals surface area contributed by atoms with Crippen molar-refractivity contribution >= 4 is 18.0 Å². The summed E-state index contributed by atoms with van der Waals surface area (Å²) in [4.78, 5) is 43.0. The van der Waals surface area contributed by atoms with Crippen molar-refractivity contribution < 1.29 is 33.7 Å². The molecule has 2 atom stereocenters. The summed E-state index contributed by atoms with van der Waals surface area (Å²) in [6, 6.07) is 27.6. The molecule has 232 valence electrons. The Hall–Kier alpha value is -5.31. The molecule has 45 heavy (non-hydrogen) atoms. The number of ether oxygens (including phenoxy) is 3. The van der Waals surface area contributed by atoms with Gasteiger partial charge in [-0.25, -0.2) is 9.59 Å². The molecular weight excluding hydrogens is 572 g/mol. The van der Waals surface area contributed by atoms with E-state index in [0.717, 1.165) is 11.1 Å². The number of phenolic OH excluding ortho intramolecular Hbond substituents is 1. The standard InChI is InChI=1S/C36H36N2O7/c1-37-31(35(41)43-3)21-26-14-16-32(39)28(18-26)29-19-27(15-17-33(29)44-22-24-10-6-4-7-11-24)20-30(34(37)40)38(2)36(42)45-23-25-12-8-5-9-13-25/h4-19,30-31,39H,20-23H2,1-3H3/t30-,31-/m0/s1. The summed E-state index contributed by atoms with van der Waals surface area (Å²) < 4.78 is 16.9. The fourth-order valence-electron chi connectivity index (χ4n) is 5.39. The number of carbonyl (C=O) groups is 3. The molecule has 2 amide bonds. The molecule has 0 spiro atoms. The van der Waals surface area contributed by atoms with Gasteiger partial charge in [-0.1, -0.05) is 72.8 Å². The van der Waals surface area contributed by atoms with Gasteiger partial charge in [0.1, 0.15) is 36.8 Å². The zero-order valence-electron chi connectivity index (χ0n) is 25.5. The first kappa shape index (κ1) is 31.1. The molecule has 0 radical (unpaired) electrons. The van der Waals surface area contributed by atoms with Gasteiger partial charge in [-0.05, 0) is 46.5 Å². The van der Waals surface area contributed by atoms with E-state index < -0.39 is 30.1 Å². The number of hydrogen-bond acceptors (Lipinski definition) is 7. The third-order valence-electron chi connectivity index (χ3n) is 8.02. The quantitative estimate of drug-likeness (QED) is 0.281. The Kier molecular flexibility index (Phi) is 9.67. The van der Waals surface area contributed by atoms with Crippen molar-refractivity contribution in [2.24, 2.45) is 0 Å². The number of rotatable bonds is 7. The van der Waals surface area contributed by atoms with E-state index in [1.54, 1.807) is 18.2 Å². The molecule has 0 saturated heterocycles. The Balaban J connectivity index is 1.54. The number of likely N-dealkylation sites (N-methyl/N-ethyl adjacent to an activating group) is 2. The molecule has 9 heteroatoms. The van der Waals surface area contributed by atoms with E-state index in [-0.39, 0.29) is 25.2 Å². The zero-order chi connectivity index (χ0) is 31.9. The Labute approximate surface area is 262 Å². The van der Waals surface area contributed by atoms with Crippen molar-refractivity contribution in [1.82, 2.24) is 9.80 Å². The van der Waals surface area contributed by atoms with E-state index in [0.29, 0.717) is 34.6 Å². The van der Waals surface area contributed by atoms with Gasteiger partial charge in [-0.15, -0.1) is 0 Å². The summed E-state index contributed by atoms with van der Waals surface area (Å²) in [5, 5.41) is 11.0. The summed E-state index contributed by atoms with van der Waals surface area (Å²) >= 11 is 0. The highest BCUT2D eigenvalue weighted by Crippen LogP contribution is 2.39. The Morgan fingerprint density at radius 2 is 1.44 bits per heavy atom. The highest BCUT2D eigenvalue weighted by molar-refractivity contribution is 5.90. The Morgan fingerprint density at radius 3 is 2.11 bits per heavy atom. The van der Waals surface area contributed by atoms with E-state index in [9.17, 15) is 19.5 Å². The average molecular weight is 609 g/mol. The molecule has 0 aliphatic carbocycles. The zero-order valence-corrected chi connectivity index (χ0v) is 25.5. The van der Waals surface area contributed by atoms with Crippen molar-refractivity contribution in [1.29, 1.82) is 0 Å². The van der Waals surface area contributed by atoms with Gasteiger partial charge in [0.25, 0.3) is 0 Å². The van der Waals surface area contributed by atoms with E-state index in [2.05, 4.69) is 0 Å². The van der Waals surface area contributed by atoms with Crippen LogP contribution in [0.1, 0.15) is 22.3 Å². The van der Waals surface area contributed by atoms with Crippen LogP contribution in [0, 0.1) is 0 Å². The van der Waals surface area contributed by atoms with Crippen molar-refractivity contribution in [3.05, 3.63) is 119 Å². The second-order valence-corrected chi connectivity index (χ2v) is 11.0. The number of benzene rings is 4. The third kappa shape index (κ3) is 7.26. The van der Waals surface area contributed by atoms with Gasteiger partial charge < -0.3 is 24.2 Å². The number of aromatic hydroxyl groups is 1. The number of methoxy groups -OCH3 is 1. The number of fused-ring (bicyclic) bond motifs is 5. The molecule has 4 aromatic carbocycles. The topological polar surface area (TPSA) is 106 Å². The molecule has 1 aliphatic rings. The minimum Gasteiger partial charge on any atom is -0.507 e. The fourth-order valence-corrected chi connectivity index (χ4v) is 5.39. The molecular formula is C36H36N2O7. The molecule has 1 N–H and O–H groups in total. The minimum absolute atomic E-state index is 0.0368. The minimum atomic E-state index is -1.01. The first-order valence-electron chi connectivity index (χ1n) is 14.6. The van der Waals surface area contributed by atoms with E-state index in [4.69, 9.17) is 14.2 Å². The molecule has 4 bridgehead atoms. The van der Waals surface area contributed by atoms with Crippen molar-refractivity contribution in [2.75, 3.05) is 21.2 Å². The lowest BCUT2D eigenvalue weighted by Gasteiger charge is -2.34. The SMILES string of the molecule is COC(=O)[C@@H]1Cc2ccc(O)c(c2)-c2cc(ccc2OCc2ccccc2)C[C@H](N(C)C(=O)OCc2ccccc2)C(=O)N1C. The first-order valence-corrected chi connectivity index (χ1v) is 14.6. The molecule has 0 unspecified atom stereocenters. The molecule has 1 aliphatic heterocycles. The highest BCUT2D eigenvalue weighted by atomic mass is 16.6. The van der Waals surface area contributed by atoms with E-state index in [1.165, 1.54) is 31.0 Å². The van der Waals surface area contributed by atoms with Crippen LogP contribution in [0.15, 0.2) is 97.1 Å². The Bertz CT molecular complexity index is 1660. The molecule has 1 heterocycles. The number of phenols is 1. The number of esters is 1. The second-order valence-electron chi connectivity index (χ2n) is 11.0. The molecule has 0 saturated carbocycles. The third-order valence-corrected chi connectivity index (χ3v) is 8.02. The summed E-state index contributed by atoms with van der Waals surface area (Å²) in [5.74, 6) is -0.479. The van der Waals surface area contributed by atoms with Gasteiger partial charge in [0, 0.05) is 38.1 Å². The van der Waals surface area contributed by atoms with Crippen molar-refractivity contribution in [3.63, 3.8) is 0 Å². The fraction of sp³-hybridized carbons (Fsp3) is 0.250. The van der Waals surface area contributed by atoms with Gasteiger partial charge in [0.05, 0.1) is 7.11 Å². The van der Waals surface area contributed by atoms with E-state index >= 15 is 0 Å². The van der Waals surface area contributed by atoms with Crippen LogP contribution in [0.3, 0.4) is 0 Å². The van der Waals surface area contributed by atoms with Crippen LogP contribution in [0.2, 0.25) is 0 Å². The van der Waals surface area contributed by atoms with Crippen LogP contribution in [0.25, 0.3) is 11.1 Å². The largest absolute Gasteiger partial charge is 0.507 e. The maximum atomic E-state index is 14.1. The molecule has 9 nitrogen and oxygen atoms in total. The first-order chi connectivity index (χ1) is 21.7. The normalized spacial score (nSPS) is 16.2. The second kappa shape index (κ2) is 14.0. The lowest BCUT2D eigenvalue weighted by Crippen LogP contribution is -2.54.